The van der Waals surface area contributed by atoms with Crippen molar-refractivity contribution in [2.45, 2.75) is 31.6 Å². The predicted molar refractivity (Wildman–Crippen MR) is 64.3 cm³/mol. The van der Waals surface area contributed by atoms with Gasteiger partial charge in [-0.3, -0.25) is 4.98 Å². The van der Waals surface area contributed by atoms with E-state index in [1.165, 1.54) is 12.8 Å². The van der Waals surface area contributed by atoms with Crippen LogP contribution < -0.4 is 0 Å². The van der Waals surface area contributed by atoms with Gasteiger partial charge in [0.25, 0.3) is 0 Å². The predicted octanol–water partition coefficient (Wildman–Crippen LogP) is 2.92. The van der Waals surface area contributed by atoms with E-state index in [9.17, 15) is 9.90 Å². The molecule has 0 saturated heterocycles. The largest absolute Gasteiger partial charge is 0.477 e. The van der Waals surface area contributed by atoms with Gasteiger partial charge in [-0.1, -0.05) is 12.8 Å². The maximum Gasteiger partial charge on any atom is 0.352 e. The molecule has 0 amide bonds. The van der Waals surface area contributed by atoms with Crippen LogP contribution in [0.2, 0.25) is 0 Å². The van der Waals surface area contributed by atoms with Gasteiger partial charge in [0.05, 0.1) is 11.0 Å². The van der Waals surface area contributed by atoms with E-state index in [1.807, 2.05) is 12.1 Å². The molecular formula is C13H14N2O2. The van der Waals surface area contributed by atoms with Gasteiger partial charge >= 0.3 is 5.97 Å². The number of carbonyl (C=O) groups is 1. The van der Waals surface area contributed by atoms with Crippen molar-refractivity contribution in [3.05, 3.63) is 29.6 Å². The number of aromatic amines is 1. The molecule has 0 bridgehead atoms. The van der Waals surface area contributed by atoms with Crippen molar-refractivity contribution < 1.29 is 9.90 Å². The van der Waals surface area contributed by atoms with Gasteiger partial charge in [0, 0.05) is 11.8 Å². The fraction of sp³-hybridized carbons (Fsp3) is 0.385. The van der Waals surface area contributed by atoms with Crippen molar-refractivity contribution in [3.8, 4) is 0 Å². The molecule has 2 aromatic rings. The Morgan fingerprint density at radius 2 is 2.18 bits per heavy atom. The standard InChI is InChI=1S/C13H14N2O2/c16-13(17)12-10(8-4-1-2-5-8)11-9(15-12)6-3-7-14-11/h3,6-8,15H,1-2,4-5H2,(H,16,17). The van der Waals surface area contributed by atoms with Gasteiger partial charge in [0.2, 0.25) is 0 Å². The van der Waals surface area contributed by atoms with Crippen LogP contribution in [0.4, 0.5) is 0 Å². The summed E-state index contributed by atoms with van der Waals surface area (Å²) in [6.45, 7) is 0. The first-order chi connectivity index (χ1) is 8.27. The summed E-state index contributed by atoms with van der Waals surface area (Å²) in [5, 5.41) is 9.27. The van der Waals surface area contributed by atoms with Crippen molar-refractivity contribution in [1.82, 2.24) is 9.97 Å². The van der Waals surface area contributed by atoms with Crippen LogP contribution >= 0.6 is 0 Å². The first kappa shape index (κ1) is 10.3. The topological polar surface area (TPSA) is 66.0 Å². The number of aromatic carboxylic acids is 1. The first-order valence-electron chi connectivity index (χ1n) is 5.97. The van der Waals surface area contributed by atoms with Crippen LogP contribution in [0.25, 0.3) is 11.0 Å². The Morgan fingerprint density at radius 3 is 2.88 bits per heavy atom. The van der Waals surface area contributed by atoms with Gasteiger partial charge in [-0.2, -0.15) is 0 Å². The van der Waals surface area contributed by atoms with Gasteiger partial charge < -0.3 is 10.1 Å². The van der Waals surface area contributed by atoms with Crippen LogP contribution in [-0.2, 0) is 0 Å². The Balaban J connectivity index is 2.24. The van der Waals surface area contributed by atoms with Gasteiger partial charge in [-0.25, -0.2) is 4.79 Å². The summed E-state index contributed by atoms with van der Waals surface area (Å²) in [6.07, 6.45) is 6.24. The quantitative estimate of drug-likeness (QED) is 0.833. The second-order valence-corrected chi connectivity index (χ2v) is 4.60. The normalized spacial score (nSPS) is 16.7. The highest BCUT2D eigenvalue weighted by Crippen LogP contribution is 2.39. The van der Waals surface area contributed by atoms with Gasteiger partial charge in [-0.15, -0.1) is 0 Å². The van der Waals surface area contributed by atoms with Crippen LogP contribution in [-0.4, -0.2) is 21.0 Å². The van der Waals surface area contributed by atoms with Crippen LogP contribution in [0, 0.1) is 0 Å². The second-order valence-electron chi connectivity index (χ2n) is 4.60. The minimum atomic E-state index is -0.884. The molecule has 3 rings (SSSR count). The molecule has 1 aliphatic rings. The minimum Gasteiger partial charge on any atom is -0.477 e. The Kier molecular flexibility index (Phi) is 2.35. The van der Waals surface area contributed by atoms with Gasteiger partial charge in [-0.05, 0) is 30.9 Å². The number of carboxylic acids is 1. The molecule has 4 heteroatoms. The molecule has 0 radical (unpaired) electrons. The molecule has 0 unspecified atom stereocenters. The lowest BCUT2D eigenvalue weighted by Gasteiger charge is -2.08. The molecule has 0 aliphatic heterocycles. The van der Waals surface area contributed by atoms with E-state index < -0.39 is 5.97 Å². The summed E-state index contributed by atoms with van der Waals surface area (Å²) in [6, 6.07) is 3.70. The highest BCUT2D eigenvalue weighted by atomic mass is 16.4. The van der Waals surface area contributed by atoms with Crippen LogP contribution in [0.1, 0.15) is 47.7 Å². The average Bonchev–Trinajstić information content (AvgIpc) is 2.94. The minimum absolute atomic E-state index is 0.325. The first-order valence-corrected chi connectivity index (χ1v) is 5.97. The maximum absolute atomic E-state index is 11.3. The molecule has 88 valence electrons. The van der Waals surface area contributed by atoms with E-state index in [2.05, 4.69) is 9.97 Å². The molecule has 2 N–H and O–H groups in total. The summed E-state index contributed by atoms with van der Waals surface area (Å²) < 4.78 is 0. The molecule has 0 atom stereocenters. The van der Waals surface area contributed by atoms with Crippen LogP contribution in [0.5, 0.6) is 0 Å². The molecule has 1 saturated carbocycles. The molecule has 2 aromatic heterocycles. The van der Waals surface area contributed by atoms with E-state index in [4.69, 9.17) is 0 Å². The summed E-state index contributed by atoms with van der Waals surface area (Å²) in [5.41, 5.74) is 2.89. The fourth-order valence-corrected chi connectivity index (χ4v) is 2.82. The van der Waals surface area contributed by atoms with Crippen molar-refractivity contribution in [3.63, 3.8) is 0 Å². The summed E-state index contributed by atoms with van der Waals surface area (Å²) >= 11 is 0. The number of pyridine rings is 1. The van der Waals surface area contributed by atoms with Crippen LogP contribution in [0.3, 0.4) is 0 Å². The van der Waals surface area contributed by atoms with Crippen LogP contribution in [0.15, 0.2) is 18.3 Å². The zero-order valence-corrected chi connectivity index (χ0v) is 9.44. The monoisotopic (exact) mass is 230 g/mol. The number of nitrogens with one attached hydrogen (secondary N) is 1. The van der Waals surface area contributed by atoms with E-state index in [-0.39, 0.29) is 0 Å². The molecular weight excluding hydrogens is 216 g/mol. The number of rotatable bonds is 2. The van der Waals surface area contributed by atoms with Crippen molar-refractivity contribution >= 4 is 17.0 Å². The van der Waals surface area contributed by atoms with E-state index in [1.54, 1.807) is 6.20 Å². The van der Waals surface area contributed by atoms with E-state index in [0.29, 0.717) is 11.6 Å². The molecule has 1 fully saturated rings. The summed E-state index contributed by atoms with van der Waals surface area (Å²) in [7, 11) is 0. The Morgan fingerprint density at radius 1 is 1.41 bits per heavy atom. The van der Waals surface area contributed by atoms with Crippen molar-refractivity contribution in [1.29, 1.82) is 0 Å². The number of H-pyrrole nitrogens is 1. The van der Waals surface area contributed by atoms with E-state index in [0.717, 1.165) is 29.4 Å². The van der Waals surface area contributed by atoms with Gasteiger partial charge in [0.1, 0.15) is 5.69 Å². The van der Waals surface area contributed by atoms with Crippen molar-refractivity contribution in [2.24, 2.45) is 0 Å². The SMILES string of the molecule is O=C(O)c1[nH]c2cccnc2c1C1CCCC1. The third-order valence-corrected chi connectivity index (χ3v) is 3.57. The molecule has 4 nitrogen and oxygen atoms in total. The Hall–Kier alpha value is -1.84. The lowest BCUT2D eigenvalue weighted by molar-refractivity contribution is 0.0689. The smallest absolute Gasteiger partial charge is 0.352 e. The number of aromatic nitrogens is 2. The Labute approximate surface area is 98.7 Å². The number of carboxylic acid groups (broad SMARTS) is 1. The highest BCUT2D eigenvalue weighted by Gasteiger charge is 2.27. The fourth-order valence-electron chi connectivity index (χ4n) is 2.82. The maximum atomic E-state index is 11.3. The number of fused-ring (bicyclic) bond motifs is 1. The number of hydrogen-bond acceptors (Lipinski definition) is 2. The highest BCUT2D eigenvalue weighted by molar-refractivity contribution is 5.96. The second kappa shape index (κ2) is 3.87. The lowest BCUT2D eigenvalue weighted by atomic mass is 9.96. The molecule has 17 heavy (non-hydrogen) atoms. The summed E-state index contributed by atoms with van der Waals surface area (Å²) in [5.74, 6) is -0.533. The molecule has 0 aromatic carbocycles. The molecule has 2 heterocycles. The molecule has 1 aliphatic carbocycles. The Bertz CT molecular complexity index is 568. The lowest BCUT2D eigenvalue weighted by Crippen LogP contribution is -2.04. The third kappa shape index (κ3) is 1.60. The van der Waals surface area contributed by atoms with E-state index >= 15 is 0 Å². The number of hydrogen-bond donors (Lipinski definition) is 2. The van der Waals surface area contributed by atoms with Gasteiger partial charge in [0.15, 0.2) is 0 Å². The average molecular weight is 230 g/mol. The zero-order valence-electron chi connectivity index (χ0n) is 9.44. The number of nitrogens with zero attached hydrogens (tertiary/aromatic N) is 1. The zero-order chi connectivity index (χ0) is 11.8. The molecule has 0 spiro atoms. The van der Waals surface area contributed by atoms with Crippen molar-refractivity contribution in [2.75, 3.05) is 0 Å². The summed E-state index contributed by atoms with van der Waals surface area (Å²) in [4.78, 5) is 18.6. The third-order valence-electron chi connectivity index (χ3n) is 3.57.